The molecule has 3 nitrogen and oxygen atoms in total. The van der Waals surface area contributed by atoms with Crippen LogP contribution in [0.5, 0.6) is 0 Å². The Hall–Kier alpha value is -2.48. The summed E-state index contributed by atoms with van der Waals surface area (Å²) in [7, 11) is 0. The van der Waals surface area contributed by atoms with E-state index in [-0.39, 0.29) is 12.5 Å². The molecule has 0 aliphatic carbocycles. The lowest BCUT2D eigenvalue weighted by Gasteiger charge is -2.14. The number of alkyl halides is 3. The van der Waals surface area contributed by atoms with Gasteiger partial charge in [-0.15, -0.1) is 11.8 Å². The first-order chi connectivity index (χ1) is 16.3. The number of halogens is 4. The van der Waals surface area contributed by atoms with Gasteiger partial charge in [-0.3, -0.25) is 4.79 Å². The van der Waals surface area contributed by atoms with Crippen molar-refractivity contribution in [3.05, 3.63) is 99.1 Å². The summed E-state index contributed by atoms with van der Waals surface area (Å²) in [4.78, 5) is 13.6. The van der Waals surface area contributed by atoms with Gasteiger partial charge in [0, 0.05) is 22.8 Å². The van der Waals surface area contributed by atoms with Gasteiger partial charge in [0.05, 0.1) is 10.6 Å². The van der Waals surface area contributed by atoms with Crippen LogP contribution in [0.3, 0.4) is 0 Å². The standard InChI is InChI=1S/C26H24ClF3N2OS/c27-23-10-7-19-11-13-31-14-12-22(19)24(23)34-16-18-1-5-20(6-2-18)25(33)32-15-17-3-8-21(9-4-17)26(28,29)30/h1-10,31H,11-16H2,(H,32,33). The lowest BCUT2D eigenvalue weighted by atomic mass is 10.0. The molecule has 0 unspecified atom stereocenters. The van der Waals surface area contributed by atoms with Gasteiger partial charge in [-0.2, -0.15) is 13.2 Å². The van der Waals surface area contributed by atoms with E-state index in [1.54, 1.807) is 23.9 Å². The predicted molar refractivity (Wildman–Crippen MR) is 130 cm³/mol. The summed E-state index contributed by atoms with van der Waals surface area (Å²) in [5.41, 5.74) is 4.13. The zero-order valence-corrected chi connectivity index (χ0v) is 19.9. The molecule has 4 rings (SSSR count). The van der Waals surface area contributed by atoms with Crippen LogP contribution in [0.1, 0.15) is 38.2 Å². The van der Waals surface area contributed by atoms with Gasteiger partial charge in [0.2, 0.25) is 0 Å². The van der Waals surface area contributed by atoms with Crippen LogP contribution in [0.4, 0.5) is 13.2 Å². The first-order valence-electron chi connectivity index (χ1n) is 11.0. The highest BCUT2D eigenvalue weighted by molar-refractivity contribution is 7.98. The molecule has 0 radical (unpaired) electrons. The minimum Gasteiger partial charge on any atom is -0.348 e. The third-order valence-electron chi connectivity index (χ3n) is 5.77. The molecule has 2 N–H and O–H groups in total. The number of amides is 1. The molecule has 0 fully saturated rings. The second kappa shape index (κ2) is 10.8. The van der Waals surface area contributed by atoms with Crippen LogP contribution >= 0.6 is 23.4 Å². The molecule has 0 spiro atoms. The molecule has 1 heterocycles. The Morgan fingerprint density at radius 3 is 2.32 bits per heavy atom. The zero-order chi connectivity index (χ0) is 24.1. The summed E-state index contributed by atoms with van der Waals surface area (Å²) in [6.07, 6.45) is -2.42. The maximum atomic E-state index is 12.7. The van der Waals surface area contributed by atoms with Crippen LogP contribution in [0, 0.1) is 0 Å². The molecule has 0 saturated carbocycles. The van der Waals surface area contributed by atoms with E-state index in [4.69, 9.17) is 11.6 Å². The third-order valence-corrected chi connectivity index (χ3v) is 7.43. The van der Waals surface area contributed by atoms with E-state index < -0.39 is 11.7 Å². The molecule has 34 heavy (non-hydrogen) atoms. The van der Waals surface area contributed by atoms with Crippen molar-refractivity contribution < 1.29 is 18.0 Å². The fraction of sp³-hybridized carbons (Fsp3) is 0.269. The monoisotopic (exact) mass is 504 g/mol. The molecular formula is C26H24ClF3N2OS. The maximum absolute atomic E-state index is 12.7. The molecule has 1 amide bonds. The Morgan fingerprint density at radius 1 is 0.941 bits per heavy atom. The molecule has 3 aromatic rings. The maximum Gasteiger partial charge on any atom is 0.416 e. The first kappa shape index (κ1) is 24.6. The first-order valence-corrected chi connectivity index (χ1v) is 12.3. The smallest absolute Gasteiger partial charge is 0.348 e. The van der Waals surface area contributed by atoms with Crippen molar-refractivity contribution in [1.82, 2.24) is 10.6 Å². The van der Waals surface area contributed by atoms with Gasteiger partial charge in [-0.25, -0.2) is 0 Å². The second-order valence-corrected chi connectivity index (χ2v) is 9.52. The normalized spacial score (nSPS) is 13.8. The molecule has 8 heteroatoms. The van der Waals surface area contributed by atoms with Crippen LogP contribution in [-0.2, 0) is 31.3 Å². The summed E-state index contributed by atoms with van der Waals surface area (Å²) in [6, 6.07) is 16.2. The summed E-state index contributed by atoms with van der Waals surface area (Å²) < 4.78 is 38.0. The highest BCUT2D eigenvalue weighted by Crippen LogP contribution is 2.36. The lowest BCUT2D eigenvalue weighted by Crippen LogP contribution is -2.22. The van der Waals surface area contributed by atoms with E-state index in [1.165, 1.54) is 23.3 Å². The van der Waals surface area contributed by atoms with Crippen LogP contribution in [0.25, 0.3) is 0 Å². The van der Waals surface area contributed by atoms with E-state index in [1.807, 2.05) is 18.2 Å². The molecule has 0 bridgehead atoms. The largest absolute Gasteiger partial charge is 0.416 e. The molecule has 0 atom stereocenters. The Morgan fingerprint density at radius 2 is 1.62 bits per heavy atom. The molecule has 1 aliphatic heterocycles. The van der Waals surface area contributed by atoms with E-state index >= 15 is 0 Å². The molecular weight excluding hydrogens is 481 g/mol. The van der Waals surface area contributed by atoms with Crippen molar-refractivity contribution in [2.45, 2.75) is 36.2 Å². The lowest BCUT2D eigenvalue weighted by molar-refractivity contribution is -0.137. The van der Waals surface area contributed by atoms with Crippen molar-refractivity contribution in [3.8, 4) is 0 Å². The summed E-state index contributed by atoms with van der Waals surface area (Å²) >= 11 is 8.22. The average molecular weight is 505 g/mol. The fourth-order valence-corrected chi connectivity index (χ4v) is 5.33. The molecule has 3 aromatic carbocycles. The quantitative estimate of drug-likeness (QED) is 0.389. The van der Waals surface area contributed by atoms with Crippen molar-refractivity contribution in [3.63, 3.8) is 0 Å². The summed E-state index contributed by atoms with van der Waals surface area (Å²) in [6.45, 7) is 2.07. The number of nitrogens with one attached hydrogen (secondary N) is 2. The van der Waals surface area contributed by atoms with E-state index in [9.17, 15) is 18.0 Å². The Labute approximate surface area is 206 Å². The fourth-order valence-electron chi connectivity index (χ4n) is 3.87. The number of thioether (sulfide) groups is 1. The Kier molecular flexibility index (Phi) is 7.86. The summed E-state index contributed by atoms with van der Waals surface area (Å²) in [5, 5.41) is 6.94. The highest BCUT2D eigenvalue weighted by atomic mass is 35.5. The van der Waals surface area contributed by atoms with Crippen LogP contribution in [-0.4, -0.2) is 19.0 Å². The average Bonchev–Trinajstić information content (AvgIpc) is 3.08. The van der Waals surface area contributed by atoms with E-state index in [0.29, 0.717) is 11.1 Å². The Balaban J connectivity index is 1.34. The third kappa shape index (κ3) is 6.14. The molecule has 178 valence electrons. The van der Waals surface area contributed by atoms with Crippen molar-refractivity contribution in [1.29, 1.82) is 0 Å². The molecule has 0 saturated heterocycles. The van der Waals surface area contributed by atoms with Gasteiger partial charge in [0.15, 0.2) is 0 Å². The van der Waals surface area contributed by atoms with Crippen LogP contribution in [0.15, 0.2) is 65.6 Å². The van der Waals surface area contributed by atoms with Gasteiger partial charge in [-0.05, 0) is 78.5 Å². The minimum atomic E-state index is -4.37. The van der Waals surface area contributed by atoms with E-state index in [2.05, 4.69) is 16.7 Å². The zero-order valence-electron chi connectivity index (χ0n) is 18.3. The Bertz CT molecular complexity index is 1150. The highest BCUT2D eigenvalue weighted by Gasteiger charge is 2.29. The summed E-state index contributed by atoms with van der Waals surface area (Å²) in [5.74, 6) is 0.458. The van der Waals surface area contributed by atoms with Crippen molar-refractivity contribution in [2.75, 3.05) is 13.1 Å². The van der Waals surface area contributed by atoms with Gasteiger partial charge in [0.25, 0.3) is 5.91 Å². The number of hydrogen-bond acceptors (Lipinski definition) is 3. The molecule has 0 aromatic heterocycles. The number of hydrogen-bond donors (Lipinski definition) is 2. The number of rotatable bonds is 6. The van der Waals surface area contributed by atoms with Gasteiger partial charge in [0.1, 0.15) is 0 Å². The van der Waals surface area contributed by atoms with Crippen molar-refractivity contribution in [2.24, 2.45) is 0 Å². The number of fused-ring (bicyclic) bond motifs is 1. The predicted octanol–water partition coefficient (Wildman–Crippen LogP) is 6.27. The number of carbonyl (C=O) groups excluding carboxylic acids is 1. The number of benzene rings is 3. The van der Waals surface area contributed by atoms with Crippen LogP contribution in [0.2, 0.25) is 5.02 Å². The number of carbonyl (C=O) groups is 1. The van der Waals surface area contributed by atoms with Gasteiger partial charge < -0.3 is 10.6 Å². The van der Waals surface area contributed by atoms with Crippen LogP contribution < -0.4 is 10.6 Å². The van der Waals surface area contributed by atoms with E-state index in [0.717, 1.165) is 59.3 Å². The van der Waals surface area contributed by atoms with Crippen molar-refractivity contribution >= 4 is 29.3 Å². The SMILES string of the molecule is O=C(NCc1ccc(C(F)(F)F)cc1)c1ccc(CSc2c(Cl)ccc3c2CCNCC3)cc1. The minimum absolute atomic E-state index is 0.154. The topological polar surface area (TPSA) is 41.1 Å². The van der Waals surface area contributed by atoms with Gasteiger partial charge in [-0.1, -0.05) is 41.9 Å². The second-order valence-electron chi connectivity index (χ2n) is 8.13. The van der Waals surface area contributed by atoms with Gasteiger partial charge >= 0.3 is 6.18 Å². The molecule has 1 aliphatic rings.